The molecule has 18 heavy (non-hydrogen) atoms. The first-order valence-electron chi connectivity index (χ1n) is 6.65. The van der Waals surface area contributed by atoms with Gasteiger partial charge in [-0.2, -0.15) is 0 Å². The Kier molecular flexibility index (Phi) is 4.37. The fourth-order valence-electron chi connectivity index (χ4n) is 2.63. The standard InChI is InChI=1S/C15H22N2O/c1-17(2)15(18)14-11-13(8-9-16-14)10-12-6-4-3-5-7-12/h3-7,13-14,16H,8-11H2,1-2H3. The third kappa shape index (κ3) is 3.33. The molecule has 1 fully saturated rings. The second-order valence-corrected chi connectivity index (χ2v) is 5.32. The molecule has 1 saturated heterocycles. The summed E-state index contributed by atoms with van der Waals surface area (Å²) < 4.78 is 0. The average Bonchev–Trinajstić information content (AvgIpc) is 2.39. The molecule has 1 aliphatic rings. The van der Waals surface area contributed by atoms with Crippen molar-refractivity contribution >= 4 is 5.91 Å². The third-order valence-electron chi connectivity index (χ3n) is 3.62. The maximum Gasteiger partial charge on any atom is 0.239 e. The van der Waals surface area contributed by atoms with Crippen LogP contribution < -0.4 is 5.32 Å². The third-order valence-corrected chi connectivity index (χ3v) is 3.62. The fourth-order valence-corrected chi connectivity index (χ4v) is 2.63. The van der Waals surface area contributed by atoms with Crippen LogP contribution >= 0.6 is 0 Å². The van der Waals surface area contributed by atoms with E-state index in [9.17, 15) is 4.79 Å². The normalized spacial score (nSPS) is 23.7. The summed E-state index contributed by atoms with van der Waals surface area (Å²) in [6.45, 7) is 0.946. The van der Waals surface area contributed by atoms with Crippen LogP contribution in [0.5, 0.6) is 0 Å². The van der Waals surface area contributed by atoms with E-state index in [1.165, 1.54) is 5.56 Å². The van der Waals surface area contributed by atoms with E-state index in [0.717, 1.165) is 25.8 Å². The van der Waals surface area contributed by atoms with Crippen molar-refractivity contribution in [3.05, 3.63) is 35.9 Å². The highest BCUT2D eigenvalue weighted by Crippen LogP contribution is 2.21. The van der Waals surface area contributed by atoms with E-state index < -0.39 is 0 Å². The molecule has 2 unspecified atom stereocenters. The van der Waals surface area contributed by atoms with E-state index in [1.807, 2.05) is 20.2 Å². The summed E-state index contributed by atoms with van der Waals surface area (Å²) >= 11 is 0. The van der Waals surface area contributed by atoms with Crippen LogP contribution in [-0.2, 0) is 11.2 Å². The lowest BCUT2D eigenvalue weighted by molar-refractivity contribution is -0.131. The van der Waals surface area contributed by atoms with Gasteiger partial charge in [0, 0.05) is 14.1 Å². The highest BCUT2D eigenvalue weighted by molar-refractivity contribution is 5.81. The molecule has 2 atom stereocenters. The van der Waals surface area contributed by atoms with Crippen LogP contribution in [0.4, 0.5) is 0 Å². The molecule has 0 saturated carbocycles. The summed E-state index contributed by atoms with van der Waals surface area (Å²) in [7, 11) is 3.65. The minimum atomic E-state index is 0.00228. The molecule has 3 nitrogen and oxygen atoms in total. The maximum absolute atomic E-state index is 12.0. The molecule has 0 radical (unpaired) electrons. The van der Waals surface area contributed by atoms with Gasteiger partial charge in [-0.05, 0) is 37.3 Å². The van der Waals surface area contributed by atoms with E-state index in [0.29, 0.717) is 5.92 Å². The van der Waals surface area contributed by atoms with Gasteiger partial charge in [0.05, 0.1) is 6.04 Å². The Morgan fingerprint density at radius 2 is 2.06 bits per heavy atom. The zero-order valence-corrected chi connectivity index (χ0v) is 11.2. The Balaban J connectivity index is 1.93. The molecule has 98 valence electrons. The van der Waals surface area contributed by atoms with Crippen LogP contribution in [0.25, 0.3) is 0 Å². The van der Waals surface area contributed by atoms with E-state index in [-0.39, 0.29) is 11.9 Å². The Bertz CT molecular complexity index is 389. The number of rotatable bonds is 3. The Labute approximate surface area is 109 Å². The Hall–Kier alpha value is -1.35. The Morgan fingerprint density at radius 1 is 1.33 bits per heavy atom. The van der Waals surface area contributed by atoms with E-state index >= 15 is 0 Å². The zero-order valence-electron chi connectivity index (χ0n) is 11.2. The van der Waals surface area contributed by atoms with Crippen molar-refractivity contribution in [2.24, 2.45) is 5.92 Å². The SMILES string of the molecule is CN(C)C(=O)C1CC(Cc2ccccc2)CCN1. The first-order valence-corrected chi connectivity index (χ1v) is 6.65. The van der Waals surface area contributed by atoms with Gasteiger partial charge in [-0.25, -0.2) is 0 Å². The van der Waals surface area contributed by atoms with Crippen LogP contribution in [0.2, 0.25) is 0 Å². The van der Waals surface area contributed by atoms with Gasteiger partial charge < -0.3 is 10.2 Å². The summed E-state index contributed by atoms with van der Waals surface area (Å²) in [6, 6.07) is 10.6. The molecule has 1 heterocycles. The van der Waals surface area contributed by atoms with Crippen molar-refractivity contribution < 1.29 is 4.79 Å². The Morgan fingerprint density at radius 3 is 2.72 bits per heavy atom. The number of likely N-dealkylation sites (N-methyl/N-ethyl adjacent to an activating group) is 1. The number of piperidine rings is 1. The second-order valence-electron chi connectivity index (χ2n) is 5.32. The number of carbonyl (C=O) groups excluding carboxylic acids is 1. The highest BCUT2D eigenvalue weighted by Gasteiger charge is 2.27. The lowest BCUT2D eigenvalue weighted by Gasteiger charge is -2.31. The summed E-state index contributed by atoms with van der Waals surface area (Å²) in [5.41, 5.74) is 1.38. The van der Waals surface area contributed by atoms with Gasteiger partial charge in [-0.3, -0.25) is 4.79 Å². The van der Waals surface area contributed by atoms with Gasteiger partial charge in [-0.1, -0.05) is 30.3 Å². The molecular weight excluding hydrogens is 224 g/mol. The predicted molar refractivity (Wildman–Crippen MR) is 73.4 cm³/mol. The number of hydrogen-bond acceptors (Lipinski definition) is 2. The predicted octanol–water partition coefficient (Wildman–Crippen LogP) is 1.69. The van der Waals surface area contributed by atoms with Crippen LogP contribution in [-0.4, -0.2) is 37.5 Å². The summed E-state index contributed by atoms with van der Waals surface area (Å²) in [5.74, 6) is 0.815. The molecule has 0 spiro atoms. The lowest BCUT2D eigenvalue weighted by Crippen LogP contribution is -2.48. The van der Waals surface area contributed by atoms with E-state index in [2.05, 4.69) is 29.6 Å². The smallest absolute Gasteiger partial charge is 0.239 e. The van der Waals surface area contributed by atoms with Gasteiger partial charge in [0.2, 0.25) is 5.91 Å². The molecule has 1 aromatic carbocycles. The van der Waals surface area contributed by atoms with Gasteiger partial charge >= 0.3 is 0 Å². The minimum Gasteiger partial charge on any atom is -0.347 e. The number of carbonyl (C=O) groups is 1. The number of benzene rings is 1. The number of hydrogen-bond donors (Lipinski definition) is 1. The van der Waals surface area contributed by atoms with Crippen LogP contribution in [0, 0.1) is 5.92 Å². The van der Waals surface area contributed by atoms with Crippen LogP contribution in [0.3, 0.4) is 0 Å². The first kappa shape index (κ1) is 13.1. The highest BCUT2D eigenvalue weighted by atomic mass is 16.2. The maximum atomic E-state index is 12.0. The van der Waals surface area contributed by atoms with Gasteiger partial charge in [0.25, 0.3) is 0 Å². The summed E-state index contributed by atoms with van der Waals surface area (Å²) in [4.78, 5) is 13.6. The van der Waals surface area contributed by atoms with Crippen molar-refractivity contribution in [1.29, 1.82) is 0 Å². The molecule has 1 aromatic rings. The minimum absolute atomic E-state index is 0.00228. The van der Waals surface area contributed by atoms with Crippen LogP contribution in [0.15, 0.2) is 30.3 Å². The molecule has 2 rings (SSSR count). The van der Waals surface area contributed by atoms with Crippen LogP contribution in [0.1, 0.15) is 18.4 Å². The quantitative estimate of drug-likeness (QED) is 0.880. The average molecular weight is 246 g/mol. The zero-order chi connectivity index (χ0) is 13.0. The topological polar surface area (TPSA) is 32.3 Å². The summed E-state index contributed by atoms with van der Waals surface area (Å²) in [5, 5.41) is 3.32. The van der Waals surface area contributed by atoms with Crippen molar-refractivity contribution in [1.82, 2.24) is 10.2 Å². The van der Waals surface area contributed by atoms with E-state index in [1.54, 1.807) is 4.90 Å². The fraction of sp³-hybridized carbons (Fsp3) is 0.533. The van der Waals surface area contributed by atoms with Crippen molar-refractivity contribution in [3.8, 4) is 0 Å². The molecule has 3 heteroatoms. The van der Waals surface area contributed by atoms with E-state index in [4.69, 9.17) is 0 Å². The second kappa shape index (κ2) is 6.01. The monoisotopic (exact) mass is 246 g/mol. The molecule has 1 aliphatic heterocycles. The number of nitrogens with zero attached hydrogens (tertiary/aromatic N) is 1. The molecule has 0 aromatic heterocycles. The summed E-state index contributed by atoms with van der Waals surface area (Å²) in [6.07, 6.45) is 3.19. The first-order chi connectivity index (χ1) is 8.66. The largest absolute Gasteiger partial charge is 0.347 e. The number of nitrogens with one attached hydrogen (secondary N) is 1. The van der Waals surface area contributed by atoms with Gasteiger partial charge in [0.15, 0.2) is 0 Å². The van der Waals surface area contributed by atoms with Gasteiger partial charge in [-0.15, -0.1) is 0 Å². The van der Waals surface area contributed by atoms with Gasteiger partial charge in [0.1, 0.15) is 0 Å². The molecule has 0 bridgehead atoms. The lowest BCUT2D eigenvalue weighted by atomic mass is 9.87. The van der Waals surface area contributed by atoms with Crippen molar-refractivity contribution in [2.75, 3.05) is 20.6 Å². The number of amides is 1. The molecule has 1 amide bonds. The molecule has 1 N–H and O–H groups in total. The molecule has 0 aliphatic carbocycles. The van der Waals surface area contributed by atoms with Crippen molar-refractivity contribution in [2.45, 2.75) is 25.3 Å². The van der Waals surface area contributed by atoms with Crippen molar-refractivity contribution in [3.63, 3.8) is 0 Å². The molecular formula is C15H22N2O.